The average Bonchev–Trinajstić information content (AvgIpc) is 3.33. The summed E-state index contributed by atoms with van der Waals surface area (Å²) < 4.78 is 17.5. The minimum Gasteiger partial charge on any atom is -0.461 e. The van der Waals surface area contributed by atoms with Crippen molar-refractivity contribution in [1.82, 2.24) is 0 Å². The Bertz CT molecular complexity index is 800. The minimum atomic E-state index is -0.123. The van der Waals surface area contributed by atoms with E-state index in [0.717, 1.165) is 28.7 Å². The second-order valence-corrected chi connectivity index (χ2v) is 7.54. The number of carbonyl (C=O) groups is 1. The third-order valence-electron chi connectivity index (χ3n) is 5.45. The van der Waals surface area contributed by atoms with Gasteiger partial charge in [0.1, 0.15) is 6.61 Å². The van der Waals surface area contributed by atoms with Crippen molar-refractivity contribution in [3.05, 3.63) is 70.8 Å². The van der Waals surface area contributed by atoms with Gasteiger partial charge in [0.15, 0.2) is 0 Å². The lowest BCUT2D eigenvalue weighted by Gasteiger charge is -2.13. The van der Waals surface area contributed by atoms with E-state index in [1.807, 2.05) is 36.4 Å². The Balaban J connectivity index is 1.57. The molecule has 4 heteroatoms. The van der Waals surface area contributed by atoms with Crippen LogP contribution in [0.3, 0.4) is 0 Å². The fourth-order valence-electron chi connectivity index (χ4n) is 3.53. The zero-order valence-corrected chi connectivity index (χ0v) is 15.1. The predicted octanol–water partition coefficient (Wildman–Crippen LogP) is 4.00. The first-order valence-electron chi connectivity index (χ1n) is 9.11. The van der Waals surface area contributed by atoms with E-state index >= 15 is 0 Å². The maximum atomic E-state index is 12.4. The number of rotatable bonds is 0. The van der Waals surface area contributed by atoms with Crippen LogP contribution in [0.15, 0.2) is 48.5 Å². The zero-order chi connectivity index (χ0) is 18.0. The van der Waals surface area contributed by atoms with Gasteiger partial charge < -0.3 is 14.2 Å². The van der Waals surface area contributed by atoms with Gasteiger partial charge in [0.25, 0.3) is 0 Å². The summed E-state index contributed by atoms with van der Waals surface area (Å²) in [6, 6.07) is 16.2. The maximum Gasteiger partial charge on any atom is 0.309 e. The SMILES string of the molecule is C[C@@]12COCc3ccccc3COCc3ccccc3COC(=O)[C@@H]1C2. The Morgan fingerprint density at radius 1 is 0.808 bits per heavy atom. The molecule has 1 heterocycles. The Kier molecular flexibility index (Phi) is 4.79. The van der Waals surface area contributed by atoms with Gasteiger partial charge in [-0.1, -0.05) is 55.5 Å². The number of esters is 1. The topological polar surface area (TPSA) is 44.8 Å². The van der Waals surface area contributed by atoms with E-state index in [9.17, 15) is 4.79 Å². The van der Waals surface area contributed by atoms with Crippen LogP contribution in [0.4, 0.5) is 0 Å². The van der Waals surface area contributed by atoms with E-state index in [-0.39, 0.29) is 17.3 Å². The number of ether oxygens (including phenoxy) is 3. The van der Waals surface area contributed by atoms with Crippen LogP contribution in [-0.2, 0) is 45.4 Å². The van der Waals surface area contributed by atoms with Crippen molar-refractivity contribution in [2.45, 2.75) is 39.8 Å². The quantitative estimate of drug-likeness (QED) is 0.672. The van der Waals surface area contributed by atoms with Crippen LogP contribution in [-0.4, -0.2) is 12.6 Å². The number of fused-ring (bicyclic) bond motifs is 3. The molecule has 1 aliphatic carbocycles. The molecule has 2 aromatic rings. The largest absolute Gasteiger partial charge is 0.461 e. The predicted molar refractivity (Wildman–Crippen MR) is 97.0 cm³/mol. The van der Waals surface area contributed by atoms with E-state index in [0.29, 0.717) is 33.0 Å². The third-order valence-corrected chi connectivity index (χ3v) is 5.45. The normalized spacial score (nSPS) is 26.3. The van der Waals surface area contributed by atoms with Gasteiger partial charge in [-0.3, -0.25) is 4.79 Å². The molecule has 136 valence electrons. The van der Waals surface area contributed by atoms with Crippen molar-refractivity contribution in [3.63, 3.8) is 0 Å². The average molecular weight is 352 g/mol. The molecule has 4 nitrogen and oxygen atoms in total. The Hall–Kier alpha value is -2.17. The maximum absolute atomic E-state index is 12.4. The lowest BCUT2D eigenvalue weighted by molar-refractivity contribution is -0.147. The minimum absolute atomic E-state index is 0.0636. The number of carbonyl (C=O) groups excluding carboxylic acids is 1. The van der Waals surface area contributed by atoms with Crippen molar-refractivity contribution in [3.8, 4) is 0 Å². The fourth-order valence-corrected chi connectivity index (χ4v) is 3.53. The standard InChI is InChI=1S/C22H24O4/c1-22-10-20(22)21(23)26-14-19-9-5-4-7-17(19)12-24-11-16-6-2-3-8-18(16)13-25-15-22/h2-9,20H,10-15H2,1H3/t20-,22+/m0/s1. The van der Waals surface area contributed by atoms with Crippen molar-refractivity contribution >= 4 is 5.97 Å². The van der Waals surface area contributed by atoms with Crippen molar-refractivity contribution in [1.29, 1.82) is 0 Å². The molecule has 2 aliphatic rings. The van der Waals surface area contributed by atoms with E-state index in [4.69, 9.17) is 14.2 Å². The van der Waals surface area contributed by atoms with E-state index < -0.39 is 0 Å². The number of cyclic esters (lactones) is 1. The van der Waals surface area contributed by atoms with Crippen LogP contribution >= 0.6 is 0 Å². The highest BCUT2D eigenvalue weighted by Gasteiger charge is 2.55. The summed E-state index contributed by atoms with van der Waals surface area (Å²) in [5.74, 6) is -0.187. The highest BCUT2D eigenvalue weighted by Crippen LogP contribution is 2.53. The molecule has 0 unspecified atom stereocenters. The summed E-state index contributed by atoms with van der Waals surface area (Å²) in [5.41, 5.74) is 4.23. The molecule has 0 aromatic heterocycles. The fraction of sp³-hybridized carbons (Fsp3) is 0.409. The van der Waals surface area contributed by atoms with E-state index in [1.54, 1.807) is 0 Å². The first kappa shape index (κ1) is 17.3. The Morgan fingerprint density at radius 3 is 1.88 bits per heavy atom. The van der Waals surface area contributed by atoms with Crippen molar-refractivity contribution < 1.29 is 19.0 Å². The van der Waals surface area contributed by atoms with Crippen LogP contribution in [0.2, 0.25) is 0 Å². The first-order valence-corrected chi connectivity index (χ1v) is 9.11. The smallest absolute Gasteiger partial charge is 0.309 e. The summed E-state index contributed by atoms with van der Waals surface area (Å²) >= 11 is 0. The van der Waals surface area contributed by atoms with Crippen LogP contribution in [0, 0.1) is 11.3 Å². The second kappa shape index (κ2) is 7.22. The second-order valence-electron chi connectivity index (χ2n) is 7.54. The molecule has 1 saturated carbocycles. The monoisotopic (exact) mass is 352 g/mol. The molecule has 0 saturated heterocycles. The Labute approximate surface area is 154 Å². The molecule has 0 spiro atoms. The van der Waals surface area contributed by atoms with Gasteiger partial charge in [-0.15, -0.1) is 0 Å². The van der Waals surface area contributed by atoms with Crippen molar-refractivity contribution in [2.24, 2.45) is 11.3 Å². The molecule has 0 N–H and O–H groups in total. The molecule has 0 bridgehead atoms. The summed E-state index contributed by atoms with van der Waals surface area (Å²) in [6.07, 6.45) is 0.832. The number of hydrogen-bond acceptors (Lipinski definition) is 4. The van der Waals surface area contributed by atoms with E-state index in [1.165, 1.54) is 0 Å². The van der Waals surface area contributed by atoms with Gasteiger partial charge >= 0.3 is 5.97 Å². The summed E-state index contributed by atoms with van der Waals surface area (Å²) in [5, 5.41) is 0. The number of benzene rings is 2. The highest BCUT2D eigenvalue weighted by molar-refractivity contribution is 5.76. The molecular formula is C22H24O4. The van der Waals surface area contributed by atoms with Gasteiger partial charge in [-0.2, -0.15) is 0 Å². The molecule has 1 aliphatic heterocycles. The molecule has 0 amide bonds. The van der Waals surface area contributed by atoms with Gasteiger partial charge in [0, 0.05) is 5.41 Å². The zero-order valence-electron chi connectivity index (χ0n) is 15.1. The summed E-state index contributed by atoms with van der Waals surface area (Å²) in [4.78, 5) is 12.4. The van der Waals surface area contributed by atoms with Gasteiger partial charge in [-0.25, -0.2) is 0 Å². The van der Waals surface area contributed by atoms with Crippen LogP contribution in [0.25, 0.3) is 0 Å². The van der Waals surface area contributed by atoms with Gasteiger partial charge in [0.2, 0.25) is 0 Å². The summed E-state index contributed by atoms with van der Waals surface area (Å²) in [6.45, 7) is 4.52. The van der Waals surface area contributed by atoms with Crippen LogP contribution in [0.1, 0.15) is 35.6 Å². The molecule has 4 rings (SSSR count). The third kappa shape index (κ3) is 3.67. The summed E-state index contributed by atoms with van der Waals surface area (Å²) in [7, 11) is 0. The lowest BCUT2D eigenvalue weighted by Crippen LogP contribution is -2.16. The van der Waals surface area contributed by atoms with E-state index in [2.05, 4.69) is 19.1 Å². The molecular weight excluding hydrogens is 328 g/mol. The Morgan fingerprint density at radius 2 is 1.31 bits per heavy atom. The van der Waals surface area contributed by atoms with Crippen LogP contribution in [0.5, 0.6) is 0 Å². The molecule has 26 heavy (non-hydrogen) atoms. The van der Waals surface area contributed by atoms with Crippen molar-refractivity contribution in [2.75, 3.05) is 6.61 Å². The van der Waals surface area contributed by atoms with Gasteiger partial charge in [-0.05, 0) is 28.7 Å². The molecule has 0 radical (unpaired) electrons. The number of hydrogen-bond donors (Lipinski definition) is 0. The first-order chi connectivity index (χ1) is 12.7. The molecule has 2 aromatic carbocycles. The highest BCUT2D eigenvalue weighted by atomic mass is 16.5. The molecule has 2 atom stereocenters. The van der Waals surface area contributed by atoms with Gasteiger partial charge in [0.05, 0.1) is 32.3 Å². The molecule has 1 fully saturated rings. The van der Waals surface area contributed by atoms with Crippen LogP contribution < -0.4 is 0 Å². The lowest BCUT2D eigenvalue weighted by atomic mass is 10.1.